The van der Waals surface area contributed by atoms with Crippen LogP contribution in [0.1, 0.15) is 68.9 Å². The van der Waals surface area contributed by atoms with E-state index < -0.39 is 13.0 Å². The molecule has 1 aliphatic carbocycles. The van der Waals surface area contributed by atoms with Crippen molar-refractivity contribution >= 4 is 23.7 Å². The second kappa shape index (κ2) is 12.4. The molecular formula is C22H33F2N3O4S. The Morgan fingerprint density at radius 2 is 2.12 bits per heavy atom. The molecule has 1 aromatic heterocycles. The van der Waals surface area contributed by atoms with Crippen LogP contribution < -0.4 is 10.1 Å². The summed E-state index contributed by atoms with van der Waals surface area (Å²) in [4.78, 5) is 30.6. The molecule has 0 spiro atoms. The van der Waals surface area contributed by atoms with Gasteiger partial charge in [-0.15, -0.1) is 0 Å². The largest absolute Gasteiger partial charge is 0.464 e. The third-order valence-corrected chi connectivity index (χ3v) is 7.26. The lowest BCUT2D eigenvalue weighted by Crippen LogP contribution is -2.43. The van der Waals surface area contributed by atoms with Gasteiger partial charge in [-0.05, 0) is 44.4 Å². The van der Waals surface area contributed by atoms with Crippen molar-refractivity contribution in [1.29, 1.82) is 0 Å². The van der Waals surface area contributed by atoms with Gasteiger partial charge < -0.3 is 14.8 Å². The van der Waals surface area contributed by atoms with Gasteiger partial charge in [0, 0.05) is 36.9 Å². The fraction of sp³-hybridized carbons (Fsp3) is 0.773. The summed E-state index contributed by atoms with van der Waals surface area (Å²) in [6, 6.07) is 0.236. The van der Waals surface area contributed by atoms with Crippen molar-refractivity contribution in [2.75, 3.05) is 13.2 Å². The number of thiazole rings is 1. The Morgan fingerprint density at radius 3 is 2.81 bits per heavy atom. The summed E-state index contributed by atoms with van der Waals surface area (Å²) >= 11 is 1.31. The number of ether oxygens (including phenoxy) is 2. The van der Waals surface area contributed by atoms with Gasteiger partial charge in [-0.3, -0.25) is 14.5 Å². The zero-order valence-electron chi connectivity index (χ0n) is 18.6. The summed E-state index contributed by atoms with van der Waals surface area (Å²) in [7, 11) is 0. The monoisotopic (exact) mass is 473 g/mol. The molecule has 1 N–H and O–H groups in total. The molecule has 1 saturated carbocycles. The van der Waals surface area contributed by atoms with E-state index in [4.69, 9.17) is 9.47 Å². The summed E-state index contributed by atoms with van der Waals surface area (Å²) in [6.45, 7) is 3.14. The maximum atomic E-state index is 12.4. The summed E-state index contributed by atoms with van der Waals surface area (Å²) in [5, 5.41) is 3.41. The van der Waals surface area contributed by atoms with Crippen molar-refractivity contribution in [3.05, 3.63) is 10.6 Å². The fourth-order valence-electron chi connectivity index (χ4n) is 4.46. The maximum Gasteiger partial charge on any atom is 0.294 e. The van der Waals surface area contributed by atoms with Crippen molar-refractivity contribution in [3.8, 4) is 5.19 Å². The normalized spacial score (nSPS) is 22.2. The lowest BCUT2D eigenvalue weighted by Gasteiger charge is -2.36. The molecule has 180 valence electrons. The number of amides is 1. The molecule has 1 unspecified atom stereocenters. The SMILES string of the molecule is CCCCC(=O)NC1CCC(CC(OC=O)N2CCc3sc(OCC(F)F)nc3C2)CC1. The standard InChI is InChI=1S/C22H33F2N3O4S/c1-2-3-4-20(29)25-16-7-5-15(6-8-16)11-21(31-14-28)27-10-9-18-17(12-27)26-22(32-18)30-13-19(23)24/h14-16,19,21H,2-13H2,1H3,(H,25,29). The number of carbonyl (C=O) groups excluding carboxylic acids is 2. The van der Waals surface area contributed by atoms with Crippen LogP contribution in [0.25, 0.3) is 0 Å². The van der Waals surface area contributed by atoms with Crippen molar-refractivity contribution in [3.63, 3.8) is 0 Å². The Labute approximate surface area is 191 Å². The number of hydrogen-bond donors (Lipinski definition) is 1. The van der Waals surface area contributed by atoms with Crippen LogP contribution in [0, 0.1) is 5.92 Å². The van der Waals surface area contributed by atoms with Gasteiger partial charge in [-0.1, -0.05) is 24.7 Å². The van der Waals surface area contributed by atoms with E-state index >= 15 is 0 Å². The van der Waals surface area contributed by atoms with Gasteiger partial charge in [-0.25, -0.2) is 13.8 Å². The second-order valence-electron chi connectivity index (χ2n) is 8.58. The third-order valence-electron chi connectivity index (χ3n) is 6.19. The minimum atomic E-state index is -2.53. The number of unbranched alkanes of at least 4 members (excludes halogenated alkanes) is 1. The predicted molar refractivity (Wildman–Crippen MR) is 117 cm³/mol. The average Bonchev–Trinajstić information content (AvgIpc) is 3.19. The van der Waals surface area contributed by atoms with Gasteiger partial charge >= 0.3 is 0 Å². The van der Waals surface area contributed by atoms with Crippen molar-refractivity contribution in [2.45, 2.75) is 90.0 Å². The molecule has 1 aliphatic heterocycles. The van der Waals surface area contributed by atoms with Gasteiger partial charge in [0.15, 0.2) is 12.8 Å². The smallest absolute Gasteiger partial charge is 0.294 e. The first-order valence-electron chi connectivity index (χ1n) is 11.5. The molecule has 0 radical (unpaired) electrons. The Hall–Kier alpha value is -1.81. The average molecular weight is 474 g/mol. The molecule has 1 amide bonds. The lowest BCUT2D eigenvalue weighted by atomic mass is 9.83. The zero-order chi connectivity index (χ0) is 22.9. The number of carbonyl (C=O) groups is 2. The van der Waals surface area contributed by atoms with Crippen LogP contribution in [0.4, 0.5) is 8.78 Å². The first-order chi connectivity index (χ1) is 15.5. The van der Waals surface area contributed by atoms with Crippen LogP contribution in [-0.4, -0.2) is 54.1 Å². The topological polar surface area (TPSA) is 80.8 Å². The van der Waals surface area contributed by atoms with Crippen LogP contribution in [0.3, 0.4) is 0 Å². The molecule has 0 bridgehead atoms. The number of fused-ring (bicyclic) bond motifs is 1. The van der Waals surface area contributed by atoms with Crippen LogP contribution in [-0.2, 0) is 27.3 Å². The van der Waals surface area contributed by atoms with Crippen LogP contribution in [0.15, 0.2) is 0 Å². The summed E-state index contributed by atoms with van der Waals surface area (Å²) in [6.07, 6.45) is 4.97. The first-order valence-corrected chi connectivity index (χ1v) is 12.3. The maximum absolute atomic E-state index is 12.4. The van der Waals surface area contributed by atoms with Crippen molar-refractivity contribution < 1.29 is 27.8 Å². The minimum absolute atomic E-state index is 0.141. The molecule has 10 heteroatoms. The first kappa shape index (κ1) is 24.8. The molecule has 7 nitrogen and oxygen atoms in total. The lowest BCUT2D eigenvalue weighted by molar-refractivity contribution is -0.147. The zero-order valence-corrected chi connectivity index (χ0v) is 19.4. The van der Waals surface area contributed by atoms with Gasteiger partial charge in [0.1, 0.15) is 0 Å². The van der Waals surface area contributed by atoms with Gasteiger partial charge in [0.05, 0.1) is 5.69 Å². The van der Waals surface area contributed by atoms with Gasteiger partial charge in [0.25, 0.3) is 18.1 Å². The predicted octanol–water partition coefficient (Wildman–Crippen LogP) is 3.90. The van der Waals surface area contributed by atoms with Gasteiger partial charge in [0.2, 0.25) is 5.91 Å². The number of alkyl halides is 2. The van der Waals surface area contributed by atoms with E-state index in [1.807, 2.05) is 0 Å². The fourth-order valence-corrected chi connectivity index (χ4v) is 5.37. The second-order valence-corrected chi connectivity index (χ2v) is 9.63. The molecule has 2 heterocycles. The van der Waals surface area contributed by atoms with E-state index in [1.54, 1.807) is 0 Å². The van der Waals surface area contributed by atoms with Crippen molar-refractivity contribution in [2.24, 2.45) is 5.92 Å². The van der Waals surface area contributed by atoms with E-state index in [1.165, 1.54) is 11.3 Å². The molecule has 1 atom stereocenters. The molecule has 0 saturated heterocycles. The minimum Gasteiger partial charge on any atom is -0.464 e. The number of halogens is 2. The Balaban J connectivity index is 1.49. The molecule has 1 fully saturated rings. The highest BCUT2D eigenvalue weighted by Gasteiger charge is 2.31. The van der Waals surface area contributed by atoms with E-state index in [-0.39, 0.29) is 23.4 Å². The highest BCUT2D eigenvalue weighted by Crippen LogP contribution is 2.34. The third kappa shape index (κ3) is 7.37. The molecule has 3 rings (SSSR count). The number of rotatable bonds is 12. The van der Waals surface area contributed by atoms with E-state index in [0.717, 1.165) is 61.9 Å². The van der Waals surface area contributed by atoms with E-state index in [2.05, 4.69) is 22.1 Å². The van der Waals surface area contributed by atoms with E-state index in [0.29, 0.717) is 31.9 Å². The number of aromatic nitrogens is 1. The molecule has 0 aromatic carbocycles. The van der Waals surface area contributed by atoms with Gasteiger partial charge in [-0.2, -0.15) is 0 Å². The highest BCUT2D eigenvalue weighted by atomic mass is 32.1. The molecule has 2 aliphatic rings. The Morgan fingerprint density at radius 1 is 1.34 bits per heavy atom. The molecule has 32 heavy (non-hydrogen) atoms. The van der Waals surface area contributed by atoms with Crippen molar-refractivity contribution in [1.82, 2.24) is 15.2 Å². The van der Waals surface area contributed by atoms with Crippen LogP contribution in [0.5, 0.6) is 5.19 Å². The summed E-state index contributed by atoms with van der Waals surface area (Å²) < 4.78 is 35.3. The summed E-state index contributed by atoms with van der Waals surface area (Å²) in [5.74, 6) is 0.562. The quantitative estimate of drug-likeness (QED) is 0.464. The molecular weight excluding hydrogens is 440 g/mol. The highest BCUT2D eigenvalue weighted by molar-refractivity contribution is 7.13. The summed E-state index contributed by atoms with van der Waals surface area (Å²) in [5.41, 5.74) is 0.809. The number of nitrogens with one attached hydrogen (secondary N) is 1. The Kier molecular flexibility index (Phi) is 9.65. The van der Waals surface area contributed by atoms with Crippen LogP contribution in [0.2, 0.25) is 0 Å². The van der Waals surface area contributed by atoms with E-state index in [9.17, 15) is 18.4 Å². The number of nitrogens with zero attached hydrogens (tertiary/aromatic N) is 2. The number of hydrogen-bond acceptors (Lipinski definition) is 7. The van der Waals surface area contributed by atoms with Crippen LogP contribution >= 0.6 is 11.3 Å². The molecule has 1 aromatic rings. The Bertz CT molecular complexity index is 741.